The lowest BCUT2D eigenvalue weighted by Gasteiger charge is -2.24. The first kappa shape index (κ1) is 15.1. The van der Waals surface area contributed by atoms with E-state index in [0.717, 1.165) is 11.8 Å². The zero-order chi connectivity index (χ0) is 12.3. The van der Waals surface area contributed by atoms with Crippen LogP contribution in [0.5, 0.6) is 0 Å². The van der Waals surface area contributed by atoms with E-state index in [9.17, 15) is 0 Å². The predicted molar refractivity (Wildman–Crippen MR) is 78.3 cm³/mol. The van der Waals surface area contributed by atoms with Crippen molar-refractivity contribution in [1.82, 2.24) is 0 Å². The van der Waals surface area contributed by atoms with Crippen molar-refractivity contribution in [2.45, 2.75) is 97.3 Å². The van der Waals surface area contributed by atoms with Crippen LogP contribution in [0.15, 0.2) is 0 Å². The molecule has 0 amide bonds. The van der Waals surface area contributed by atoms with Gasteiger partial charge < -0.3 is 0 Å². The maximum Gasteiger partial charge on any atom is -0.0412 e. The van der Waals surface area contributed by atoms with Gasteiger partial charge in [0.2, 0.25) is 0 Å². The highest BCUT2D eigenvalue weighted by atomic mass is 14.2. The lowest BCUT2D eigenvalue weighted by atomic mass is 9.82. The highest BCUT2D eigenvalue weighted by Crippen LogP contribution is 2.30. The molecule has 0 radical (unpaired) electrons. The van der Waals surface area contributed by atoms with Crippen molar-refractivity contribution in [1.29, 1.82) is 0 Å². The van der Waals surface area contributed by atoms with E-state index in [1.54, 1.807) is 0 Å². The van der Waals surface area contributed by atoms with Crippen LogP contribution < -0.4 is 0 Å². The van der Waals surface area contributed by atoms with Crippen LogP contribution in [0.4, 0.5) is 0 Å². The van der Waals surface area contributed by atoms with Crippen LogP contribution >= 0.6 is 0 Å². The first-order chi connectivity index (χ1) is 8.33. The van der Waals surface area contributed by atoms with Crippen LogP contribution in [0.25, 0.3) is 0 Å². The van der Waals surface area contributed by atoms with Gasteiger partial charge in [-0.2, -0.15) is 0 Å². The van der Waals surface area contributed by atoms with Crippen molar-refractivity contribution in [3.8, 4) is 0 Å². The van der Waals surface area contributed by atoms with E-state index in [4.69, 9.17) is 0 Å². The minimum Gasteiger partial charge on any atom is -0.0654 e. The van der Waals surface area contributed by atoms with Gasteiger partial charge in [0.05, 0.1) is 0 Å². The first-order valence-electron chi connectivity index (χ1n) is 8.33. The van der Waals surface area contributed by atoms with Crippen LogP contribution in [0.2, 0.25) is 0 Å². The van der Waals surface area contributed by atoms with E-state index >= 15 is 0 Å². The molecule has 1 aliphatic carbocycles. The molecule has 0 aromatic carbocycles. The predicted octanol–water partition coefficient (Wildman–Crippen LogP) is 6.34. The van der Waals surface area contributed by atoms with Gasteiger partial charge in [0.25, 0.3) is 0 Å². The number of hydrogen-bond acceptors (Lipinski definition) is 0. The van der Waals surface area contributed by atoms with Gasteiger partial charge in [0.1, 0.15) is 0 Å². The molecule has 1 saturated carbocycles. The van der Waals surface area contributed by atoms with Gasteiger partial charge in [-0.05, 0) is 18.3 Å². The van der Waals surface area contributed by atoms with Gasteiger partial charge in [0, 0.05) is 0 Å². The fourth-order valence-corrected chi connectivity index (χ4v) is 3.38. The summed E-state index contributed by atoms with van der Waals surface area (Å²) in [5.74, 6) is 2.07. The van der Waals surface area contributed by atoms with Crippen LogP contribution in [0, 0.1) is 11.8 Å². The first-order valence-corrected chi connectivity index (χ1v) is 8.33. The van der Waals surface area contributed by atoms with Crippen LogP contribution in [0.1, 0.15) is 97.3 Å². The molecule has 0 nitrogen and oxygen atoms in total. The quantitative estimate of drug-likeness (QED) is 0.411. The topological polar surface area (TPSA) is 0 Å². The van der Waals surface area contributed by atoms with Crippen LogP contribution in [-0.2, 0) is 0 Å². The number of unbranched alkanes of at least 4 members (excludes halogenated alkanes) is 5. The van der Waals surface area contributed by atoms with Crippen molar-refractivity contribution in [3.05, 3.63) is 0 Å². The molecule has 1 rings (SSSR count). The van der Waals surface area contributed by atoms with E-state index in [0.29, 0.717) is 0 Å². The molecule has 0 N–H and O–H groups in total. The SMILES string of the molecule is CCCCCCCCC(C)CC1CCCCC1. The Bertz CT molecular complexity index is 155. The highest BCUT2D eigenvalue weighted by Gasteiger charge is 2.15. The Kier molecular flexibility index (Phi) is 8.83. The zero-order valence-electron chi connectivity index (χ0n) is 12.3. The highest BCUT2D eigenvalue weighted by molar-refractivity contribution is 4.68. The molecule has 1 atom stereocenters. The molecule has 0 aromatic rings. The van der Waals surface area contributed by atoms with Gasteiger partial charge in [-0.3, -0.25) is 0 Å². The summed E-state index contributed by atoms with van der Waals surface area (Å²) >= 11 is 0. The van der Waals surface area contributed by atoms with Crippen molar-refractivity contribution in [2.75, 3.05) is 0 Å². The molecule has 1 aliphatic rings. The van der Waals surface area contributed by atoms with Gasteiger partial charge in [0.15, 0.2) is 0 Å². The fourth-order valence-electron chi connectivity index (χ4n) is 3.38. The normalized spacial score (nSPS) is 19.4. The molecule has 1 unspecified atom stereocenters. The van der Waals surface area contributed by atoms with Gasteiger partial charge in [-0.25, -0.2) is 0 Å². The Morgan fingerprint density at radius 2 is 1.53 bits per heavy atom. The molecule has 0 spiro atoms. The molecule has 0 bridgehead atoms. The number of rotatable bonds is 9. The second-order valence-electron chi connectivity index (χ2n) is 6.40. The average molecular weight is 238 g/mol. The van der Waals surface area contributed by atoms with Gasteiger partial charge in [-0.1, -0.05) is 90.9 Å². The minimum atomic E-state index is 0.990. The Balaban J connectivity index is 1.91. The molecule has 0 aromatic heterocycles. The summed E-state index contributed by atoms with van der Waals surface area (Å²) in [6, 6.07) is 0. The summed E-state index contributed by atoms with van der Waals surface area (Å²) in [6.07, 6.45) is 19.3. The molecule has 0 saturated heterocycles. The molecule has 1 fully saturated rings. The van der Waals surface area contributed by atoms with Crippen molar-refractivity contribution in [2.24, 2.45) is 11.8 Å². The lowest BCUT2D eigenvalue weighted by molar-refractivity contribution is 0.285. The van der Waals surface area contributed by atoms with E-state index < -0.39 is 0 Å². The summed E-state index contributed by atoms with van der Waals surface area (Å²) in [6.45, 7) is 4.78. The van der Waals surface area contributed by atoms with Crippen molar-refractivity contribution >= 4 is 0 Å². The molecular weight excluding hydrogens is 204 g/mol. The summed E-state index contributed by atoms with van der Waals surface area (Å²) in [5.41, 5.74) is 0. The van der Waals surface area contributed by atoms with E-state index in [-0.39, 0.29) is 0 Å². The molecular formula is C17H34. The second kappa shape index (κ2) is 9.97. The number of hydrogen-bond donors (Lipinski definition) is 0. The molecule has 17 heavy (non-hydrogen) atoms. The van der Waals surface area contributed by atoms with E-state index in [2.05, 4.69) is 13.8 Å². The standard InChI is InChI=1S/C17H34/c1-3-4-5-6-7-9-12-16(2)15-17-13-10-8-11-14-17/h16-17H,3-15H2,1-2H3. The molecule has 0 heteroatoms. The summed E-state index contributed by atoms with van der Waals surface area (Å²) in [5, 5.41) is 0. The maximum absolute atomic E-state index is 2.49. The summed E-state index contributed by atoms with van der Waals surface area (Å²) in [7, 11) is 0. The maximum atomic E-state index is 2.49. The Hall–Kier alpha value is 0. The molecule has 102 valence electrons. The van der Waals surface area contributed by atoms with E-state index in [1.165, 1.54) is 83.5 Å². The monoisotopic (exact) mass is 238 g/mol. The lowest BCUT2D eigenvalue weighted by Crippen LogP contribution is -2.10. The Morgan fingerprint density at radius 1 is 0.882 bits per heavy atom. The minimum absolute atomic E-state index is 0.990. The van der Waals surface area contributed by atoms with Gasteiger partial charge in [-0.15, -0.1) is 0 Å². The largest absolute Gasteiger partial charge is 0.0654 e. The van der Waals surface area contributed by atoms with Crippen molar-refractivity contribution < 1.29 is 0 Å². The second-order valence-corrected chi connectivity index (χ2v) is 6.40. The van der Waals surface area contributed by atoms with Crippen LogP contribution in [-0.4, -0.2) is 0 Å². The Labute approximate surface area is 110 Å². The van der Waals surface area contributed by atoms with Crippen molar-refractivity contribution in [3.63, 3.8) is 0 Å². The Morgan fingerprint density at radius 3 is 2.24 bits per heavy atom. The summed E-state index contributed by atoms with van der Waals surface area (Å²) in [4.78, 5) is 0. The third-order valence-electron chi connectivity index (χ3n) is 4.51. The average Bonchev–Trinajstić information content (AvgIpc) is 2.35. The third kappa shape index (κ3) is 7.84. The fraction of sp³-hybridized carbons (Fsp3) is 1.00. The van der Waals surface area contributed by atoms with Crippen LogP contribution in [0.3, 0.4) is 0 Å². The van der Waals surface area contributed by atoms with E-state index in [1.807, 2.05) is 0 Å². The molecule has 0 aliphatic heterocycles. The third-order valence-corrected chi connectivity index (χ3v) is 4.51. The zero-order valence-corrected chi connectivity index (χ0v) is 12.3. The molecule has 0 heterocycles. The summed E-state index contributed by atoms with van der Waals surface area (Å²) < 4.78 is 0. The van der Waals surface area contributed by atoms with Gasteiger partial charge >= 0.3 is 0 Å². The smallest absolute Gasteiger partial charge is 0.0412 e.